The molecule has 1 saturated carbocycles. The molecule has 15 nitrogen and oxygen atoms in total. The van der Waals surface area contributed by atoms with Gasteiger partial charge in [0, 0.05) is 18.8 Å². The fourth-order valence-corrected chi connectivity index (χ4v) is 9.00. The minimum Gasteiger partial charge on any atom is -0.459 e. The van der Waals surface area contributed by atoms with Crippen molar-refractivity contribution >= 4 is 29.8 Å². The van der Waals surface area contributed by atoms with Crippen LogP contribution in [0.5, 0.6) is 0 Å². The SMILES string of the molecule is CC(=O)O[C@@]12CO[C@@H]1C[C@H](O)[C@@]1(C)C(=O)[C@@H]3O[C@](O)([C@@H](OC(=O)c4ccccc4)[C@H]21)C(C)(C)/C3=C(\C)COC(=O)[C@H](O)[C@@H](NC(=O)OC(C)(C)C)c1ccccc1. The normalized spacial score (nSPS) is 33.2. The van der Waals surface area contributed by atoms with Crippen molar-refractivity contribution in [3.05, 3.63) is 82.9 Å². The van der Waals surface area contributed by atoms with Gasteiger partial charge in [-0.15, -0.1) is 0 Å². The van der Waals surface area contributed by atoms with Crippen LogP contribution in [-0.2, 0) is 42.8 Å². The molecule has 3 heterocycles. The molecule has 0 spiro atoms. The van der Waals surface area contributed by atoms with Crippen molar-refractivity contribution in [2.24, 2.45) is 16.7 Å². The maximum absolute atomic E-state index is 15.1. The number of fused-ring (bicyclic) bond motifs is 5. The van der Waals surface area contributed by atoms with E-state index < -0.39 is 107 Å². The number of aliphatic hydroxyl groups is 3. The first-order valence-corrected chi connectivity index (χ1v) is 18.9. The number of alkyl carbamates (subject to hydrolysis) is 1. The highest BCUT2D eigenvalue weighted by molar-refractivity contribution is 5.95. The Hall–Kier alpha value is -4.67. The van der Waals surface area contributed by atoms with E-state index in [2.05, 4.69) is 5.32 Å². The third kappa shape index (κ3) is 7.13. The Bertz CT molecular complexity index is 1940. The third-order valence-corrected chi connectivity index (χ3v) is 11.8. The van der Waals surface area contributed by atoms with Crippen LogP contribution in [0, 0.1) is 16.7 Å². The molecule has 1 amide bonds. The van der Waals surface area contributed by atoms with Crippen molar-refractivity contribution in [3.8, 4) is 0 Å². The first kappa shape index (κ1) is 41.9. The summed E-state index contributed by atoms with van der Waals surface area (Å²) in [5, 5.41) is 38.5. The van der Waals surface area contributed by atoms with Crippen molar-refractivity contribution in [3.63, 3.8) is 0 Å². The van der Waals surface area contributed by atoms with E-state index in [1.165, 1.54) is 26.0 Å². The smallest absolute Gasteiger partial charge is 0.408 e. The second kappa shape index (κ2) is 14.9. The van der Waals surface area contributed by atoms with E-state index in [-0.39, 0.29) is 29.7 Å². The number of ketones is 1. The summed E-state index contributed by atoms with van der Waals surface area (Å²) in [4.78, 5) is 67.9. The molecule has 308 valence electrons. The van der Waals surface area contributed by atoms with E-state index in [1.807, 2.05) is 0 Å². The number of benzene rings is 2. The molecule has 3 aliphatic heterocycles. The van der Waals surface area contributed by atoms with Gasteiger partial charge < -0.3 is 49.1 Å². The van der Waals surface area contributed by atoms with Crippen molar-refractivity contribution in [1.82, 2.24) is 5.32 Å². The first-order valence-electron chi connectivity index (χ1n) is 18.9. The second-order valence-electron chi connectivity index (χ2n) is 17.0. The molecule has 3 saturated heterocycles. The van der Waals surface area contributed by atoms with Crippen LogP contribution in [-0.4, -0.2) is 106 Å². The van der Waals surface area contributed by atoms with Gasteiger partial charge in [-0.1, -0.05) is 62.4 Å². The Morgan fingerprint density at radius 1 is 0.982 bits per heavy atom. The van der Waals surface area contributed by atoms with Crippen molar-refractivity contribution in [2.45, 2.75) is 115 Å². The van der Waals surface area contributed by atoms with Gasteiger partial charge in [-0.2, -0.15) is 0 Å². The van der Waals surface area contributed by atoms with Crippen molar-refractivity contribution < 1.29 is 67.7 Å². The van der Waals surface area contributed by atoms with E-state index in [4.69, 9.17) is 28.4 Å². The summed E-state index contributed by atoms with van der Waals surface area (Å²) in [6, 6.07) is 15.0. The molecule has 0 unspecified atom stereocenters. The second-order valence-corrected chi connectivity index (χ2v) is 17.0. The molecule has 2 aromatic carbocycles. The summed E-state index contributed by atoms with van der Waals surface area (Å²) in [6.07, 6.45) is -8.53. The standard InChI is InChI=1S/C42H51NO14/c1-22(20-52-36(49)30(46)29(24-15-11-9-12-16-24)43-37(50)57-38(3,4)5)28-31-33(47)40(8)26(45)19-27-41(21-53-27,55-23(2)44)32(40)34(42(51,56-31)39(28,6)7)54-35(48)25-17-13-10-14-18-25/h9-18,26-27,29-32,34,45-46,51H,19-21H2,1-8H3,(H,43,50)/b28-22+/t26-,27+,29-,30+,31+,32-,34-,40+,41-,42+/m0/s1. The van der Waals surface area contributed by atoms with Gasteiger partial charge in [-0.25, -0.2) is 14.4 Å². The van der Waals surface area contributed by atoms with Crippen LogP contribution in [0.3, 0.4) is 0 Å². The maximum atomic E-state index is 15.1. The zero-order valence-electron chi connectivity index (χ0n) is 33.3. The molecule has 0 aromatic heterocycles. The van der Waals surface area contributed by atoms with Gasteiger partial charge in [0.05, 0.1) is 35.6 Å². The molecule has 10 atom stereocenters. The zero-order chi connectivity index (χ0) is 41.9. The summed E-state index contributed by atoms with van der Waals surface area (Å²) in [5.41, 5.74) is -4.93. The first-order chi connectivity index (χ1) is 26.6. The summed E-state index contributed by atoms with van der Waals surface area (Å²) in [5.74, 6) is -7.24. The quantitative estimate of drug-likeness (QED) is 0.163. The lowest BCUT2D eigenvalue weighted by Crippen LogP contribution is -2.79. The maximum Gasteiger partial charge on any atom is 0.408 e. The number of carbonyl (C=O) groups excluding carboxylic acids is 5. The number of esters is 3. The lowest BCUT2D eigenvalue weighted by Gasteiger charge is -2.63. The molecule has 15 heteroatoms. The Kier molecular flexibility index (Phi) is 11.0. The molecule has 0 radical (unpaired) electrons. The fraction of sp³-hybridized carbons (Fsp3) is 0.548. The Morgan fingerprint density at radius 3 is 2.16 bits per heavy atom. The minimum atomic E-state index is -2.50. The number of carbonyl (C=O) groups is 5. The van der Waals surface area contributed by atoms with Crippen LogP contribution in [0.4, 0.5) is 4.79 Å². The van der Waals surface area contributed by atoms with Crippen LogP contribution < -0.4 is 5.32 Å². The molecule has 6 rings (SSSR count). The summed E-state index contributed by atoms with van der Waals surface area (Å²) in [6.45, 7) is 11.7. The van der Waals surface area contributed by atoms with Gasteiger partial charge in [-0.05, 0) is 63.5 Å². The van der Waals surface area contributed by atoms with E-state index in [9.17, 15) is 34.5 Å². The molecular weight excluding hydrogens is 742 g/mol. The summed E-state index contributed by atoms with van der Waals surface area (Å²) >= 11 is 0. The van der Waals surface area contributed by atoms with E-state index in [0.717, 1.165) is 0 Å². The van der Waals surface area contributed by atoms with Gasteiger partial charge in [0.25, 0.3) is 0 Å². The average molecular weight is 794 g/mol. The molecule has 1 aliphatic carbocycles. The molecule has 4 fully saturated rings. The highest BCUT2D eigenvalue weighted by atomic mass is 16.7. The number of rotatable bonds is 9. The minimum absolute atomic E-state index is 0.118. The van der Waals surface area contributed by atoms with Crippen LogP contribution >= 0.6 is 0 Å². The fourth-order valence-electron chi connectivity index (χ4n) is 9.00. The number of nitrogens with one attached hydrogen (secondary N) is 1. The summed E-state index contributed by atoms with van der Waals surface area (Å²) < 4.78 is 35.2. The van der Waals surface area contributed by atoms with Crippen molar-refractivity contribution in [1.29, 1.82) is 0 Å². The van der Waals surface area contributed by atoms with Crippen LogP contribution in [0.1, 0.15) is 83.8 Å². The number of aliphatic hydroxyl groups excluding tert-OH is 2. The van der Waals surface area contributed by atoms with Gasteiger partial charge >= 0.3 is 24.0 Å². The number of Topliss-reactive ketones (excluding diaryl/α,β-unsaturated/α-hetero) is 1. The average Bonchev–Trinajstić information content (AvgIpc) is 3.32. The predicted octanol–water partition coefficient (Wildman–Crippen LogP) is 3.48. The van der Waals surface area contributed by atoms with E-state index >= 15 is 4.79 Å². The van der Waals surface area contributed by atoms with Gasteiger partial charge in [0.1, 0.15) is 24.4 Å². The number of hydrogen-bond acceptors (Lipinski definition) is 14. The van der Waals surface area contributed by atoms with Gasteiger partial charge in [0.2, 0.25) is 5.79 Å². The Balaban J connectivity index is 1.38. The van der Waals surface area contributed by atoms with Crippen LogP contribution in [0.15, 0.2) is 71.8 Å². The lowest BCUT2D eigenvalue weighted by molar-refractivity contribution is -0.356. The summed E-state index contributed by atoms with van der Waals surface area (Å²) in [7, 11) is 0. The molecule has 2 aromatic rings. The highest BCUT2D eigenvalue weighted by Gasteiger charge is 2.80. The number of hydrogen-bond donors (Lipinski definition) is 4. The molecule has 4 aliphatic rings. The third-order valence-electron chi connectivity index (χ3n) is 11.8. The molecule has 4 N–H and O–H groups in total. The van der Waals surface area contributed by atoms with Gasteiger partial charge in [-0.3, -0.25) is 9.59 Å². The van der Waals surface area contributed by atoms with Gasteiger partial charge in [0.15, 0.2) is 23.6 Å². The number of ether oxygens (including phenoxy) is 6. The van der Waals surface area contributed by atoms with Crippen LogP contribution in [0.2, 0.25) is 0 Å². The lowest BCUT2D eigenvalue weighted by atomic mass is 9.49. The Labute approximate surface area is 330 Å². The van der Waals surface area contributed by atoms with E-state index in [1.54, 1.807) is 90.1 Å². The molecule has 57 heavy (non-hydrogen) atoms. The Morgan fingerprint density at radius 2 is 1.60 bits per heavy atom. The van der Waals surface area contributed by atoms with E-state index in [0.29, 0.717) is 5.56 Å². The topological polar surface area (TPSA) is 213 Å². The number of amides is 1. The highest BCUT2D eigenvalue weighted by Crippen LogP contribution is 2.65. The molecular formula is C42H51NO14. The molecule has 2 bridgehead atoms. The predicted molar refractivity (Wildman–Crippen MR) is 199 cm³/mol. The largest absolute Gasteiger partial charge is 0.459 e. The monoisotopic (exact) mass is 793 g/mol. The zero-order valence-corrected chi connectivity index (χ0v) is 33.3. The van der Waals surface area contributed by atoms with Crippen LogP contribution in [0.25, 0.3) is 0 Å². The van der Waals surface area contributed by atoms with Crippen molar-refractivity contribution in [2.75, 3.05) is 13.2 Å².